The number of hydrogen-bond acceptors (Lipinski definition) is 3. The fourth-order valence-electron chi connectivity index (χ4n) is 1.77. The molecule has 5 nitrogen and oxygen atoms in total. The minimum Gasteiger partial charge on any atom is -0.399 e. The molecule has 2 aromatic rings. The van der Waals surface area contributed by atoms with Gasteiger partial charge in [0, 0.05) is 30.7 Å². The van der Waals surface area contributed by atoms with Gasteiger partial charge in [-0.25, -0.2) is 4.98 Å². The fourth-order valence-corrected chi connectivity index (χ4v) is 2.05. The van der Waals surface area contributed by atoms with Crippen molar-refractivity contribution < 1.29 is 4.79 Å². The molecule has 0 aliphatic rings. The lowest BCUT2D eigenvalue weighted by atomic mass is 10.2. The molecule has 19 heavy (non-hydrogen) atoms. The Kier molecular flexibility index (Phi) is 4.06. The number of rotatable bonds is 4. The van der Waals surface area contributed by atoms with Crippen LogP contribution in [0.4, 0.5) is 5.69 Å². The predicted octanol–water partition coefficient (Wildman–Crippen LogP) is 1.94. The average Bonchev–Trinajstić information content (AvgIpc) is 2.81. The van der Waals surface area contributed by atoms with Gasteiger partial charge in [-0.1, -0.05) is 11.6 Å². The van der Waals surface area contributed by atoms with Crippen LogP contribution in [0.2, 0.25) is 5.02 Å². The summed E-state index contributed by atoms with van der Waals surface area (Å²) in [6, 6.07) is 4.81. The van der Waals surface area contributed by atoms with Gasteiger partial charge in [-0.15, -0.1) is 0 Å². The maximum absolute atomic E-state index is 12.1. The van der Waals surface area contributed by atoms with E-state index >= 15 is 0 Å². The van der Waals surface area contributed by atoms with Gasteiger partial charge >= 0.3 is 0 Å². The molecule has 100 valence electrons. The molecule has 0 aliphatic heterocycles. The first-order valence-electron chi connectivity index (χ1n) is 5.88. The van der Waals surface area contributed by atoms with E-state index in [1.54, 1.807) is 30.7 Å². The number of carbonyl (C=O) groups excluding carboxylic acids is 1. The maximum Gasteiger partial charge on any atom is 0.253 e. The Balaban J connectivity index is 2.00. The Morgan fingerprint density at radius 3 is 3.00 bits per heavy atom. The lowest BCUT2D eigenvalue weighted by Crippen LogP contribution is -2.35. The van der Waals surface area contributed by atoms with Crippen molar-refractivity contribution in [3.63, 3.8) is 0 Å². The molecule has 1 aromatic heterocycles. The normalized spacial score (nSPS) is 12.1. The number of halogens is 1. The zero-order valence-corrected chi connectivity index (χ0v) is 11.3. The third-order valence-corrected chi connectivity index (χ3v) is 2.97. The summed E-state index contributed by atoms with van der Waals surface area (Å²) in [7, 11) is 0. The third kappa shape index (κ3) is 3.48. The van der Waals surface area contributed by atoms with Crippen molar-refractivity contribution >= 4 is 23.2 Å². The Labute approximate surface area is 116 Å². The van der Waals surface area contributed by atoms with Gasteiger partial charge in [-0.2, -0.15) is 0 Å². The van der Waals surface area contributed by atoms with Crippen LogP contribution >= 0.6 is 11.6 Å². The van der Waals surface area contributed by atoms with Crippen molar-refractivity contribution in [2.45, 2.75) is 19.5 Å². The summed E-state index contributed by atoms with van der Waals surface area (Å²) in [4.78, 5) is 16.0. The minimum atomic E-state index is -0.211. The first-order chi connectivity index (χ1) is 9.06. The molecule has 0 spiro atoms. The molecule has 2 rings (SSSR count). The van der Waals surface area contributed by atoms with Crippen LogP contribution in [0, 0.1) is 0 Å². The first-order valence-corrected chi connectivity index (χ1v) is 6.25. The Morgan fingerprint density at radius 2 is 2.37 bits per heavy atom. The zero-order valence-electron chi connectivity index (χ0n) is 10.5. The fraction of sp³-hybridized carbons (Fsp3) is 0.231. The molecule has 1 heterocycles. The highest BCUT2D eigenvalue weighted by Gasteiger charge is 2.13. The van der Waals surface area contributed by atoms with Crippen molar-refractivity contribution in [3.8, 4) is 0 Å². The van der Waals surface area contributed by atoms with E-state index in [-0.39, 0.29) is 11.9 Å². The second-order valence-corrected chi connectivity index (χ2v) is 4.78. The van der Waals surface area contributed by atoms with Crippen LogP contribution in [-0.4, -0.2) is 21.5 Å². The van der Waals surface area contributed by atoms with E-state index in [4.69, 9.17) is 17.3 Å². The summed E-state index contributed by atoms with van der Waals surface area (Å²) in [5, 5.41) is 3.24. The van der Waals surface area contributed by atoms with Crippen molar-refractivity contribution in [3.05, 3.63) is 47.5 Å². The van der Waals surface area contributed by atoms with Gasteiger partial charge in [0.15, 0.2) is 0 Å². The number of anilines is 1. The molecule has 0 aliphatic carbocycles. The van der Waals surface area contributed by atoms with Crippen molar-refractivity contribution in [1.29, 1.82) is 0 Å². The topological polar surface area (TPSA) is 72.9 Å². The molecule has 3 N–H and O–H groups in total. The smallest absolute Gasteiger partial charge is 0.253 e. The number of amides is 1. The summed E-state index contributed by atoms with van der Waals surface area (Å²) < 4.78 is 1.90. The molecule has 0 saturated carbocycles. The van der Waals surface area contributed by atoms with Gasteiger partial charge in [0.05, 0.1) is 16.9 Å². The Morgan fingerprint density at radius 1 is 1.58 bits per heavy atom. The molecule has 0 radical (unpaired) electrons. The van der Waals surface area contributed by atoms with Gasteiger partial charge in [-0.05, 0) is 25.1 Å². The van der Waals surface area contributed by atoms with Gasteiger partial charge in [0.2, 0.25) is 0 Å². The molecule has 0 fully saturated rings. The number of nitrogens with two attached hydrogens (primary N) is 1. The molecule has 1 unspecified atom stereocenters. The summed E-state index contributed by atoms with van der Waals surface area (Å²) in [5.74, 6) is -0.211. The van der Waals surface area contributed by atoms with Crippen molar-refractivity contribution in [2.24, 2.45) is 0 Å². The molecule has 0 bridgehead atoms. The van der Waals surface area contributed by atoms with Crippen molar-refractivity contribution in [1.82, 2.24) is 14.9 Å². The molecule has 1 amide bonds. The molecular formula is C13H15ClN4O. The van der Waals surface area contributed by atoms with Crippen LogP contribution in [0.3, 0.4) is 0 Å². The quantitative estimate of drug-likeness (QED) is 0.840. The highest BCUT2D eigenvalue weighted by atomic mass is 35.5. The van der Waals surface area contributed by atoms with Gasteiger partial charge < -0.3 is 15.6 Å². The molecule has 1 atom stereocenters. The SMILES string of the molecule is CC(Cn1ccnc1)NC(=O)c1ccc(N)cc1Cl. The zero-order chi connectivity index (χ0) is 13.8. The van der Waals surface area contributed by atoms with Gasteiger partial charge in [0.1, 0.15) is 0 Å². The molecule has 0 saturated heterocycles. The van der Waals surface area contributed by atoms with Gasteiger partial charge in [0.25, 0.3) is 5.91 Å². The predicted molar refractivity (Wildman–Crippen MR) is 75.0 cm³/mol. The van der Waals surface area contributed by atoms with E-state index in [1.807, 2.05) is 17.7 Å². The lowest BCUT2D eigenvalue weighted by Gasteiger charge is -2.15. The number of nitrogens with zero attached hydrogens (tertiary/aromatic N) is 2. The number of nitrogen functional groups attached to an aromatic ring is 1. The summed E-state index contributed by atoms with van der Waals surface area (Å²) in [6.45, 7) is 2.57. The van der Waals surface area contributed by atoms with E-state index < -0.39 is 0 Å². The third-order valence-electron chi connectivity index (χ3n) is 2.66. The number of carbonyl (C=O) groups is 1. The monoisotopic (exact) mass is 278 g/mol. The van der Waals surface area contributed by atoms with Crippen molar-refractivity contribution in [2.75, 3.05) is 5.73 Å². The molecule has 1 aromatic carbocycles. The highest BCUT2D eigenvalue weighted by molar-refractivity contribution is 6.34. The number of aromatic nitrogens is 2. The summed E-state index contributed by atoms with van der Waals surface area (Å²) in [5.41, 5.74) is 6.55. The average molecular weight is 279 g/mol. The number of benzene rings is 1. The van der Waals surface area contributed by atoms with Gasteiger partial charge in [-0.3, -0.25) is 4.79 Å². The minimum absolute atomic E-state index is 0.0321. The summed E-state index contributed by atoms with van der Waals surface area (Å²) >= 11 is 5.99. The van der Waals surface area contributed by atoms with Crippen LogP contribution in [0.5, 0.6) is 0 Å². The molecule has 6 heteroatoms. The van der Waals surface area contributed by atoms with E-state index in [0.717, 1.165) is 0 Å². The van der Waals surface area contributed by atoms with E-state index in [9.17, 15) is 4.79 Å². The lowest BCUT2D eigenvalue weighted by molar-refractivity contribution is 0.0937. The van der Waals surface area contributed by atoms with E-state index in [1.165, 1.54) is 0 Å². The number of imidazole rings is 1. The van der Waals surface area contributed by atoms with Crippen LogP contribution < -0.4 is 11.1 Å². The Hall–Kier alpha value is -2.01. The van der Waals surface area contributed by atoms with Crippen LogP contribution in [0.1, 0.15) is 17.3 Å². The highest BCUT2D eigenvalue weighted by Crippen LogP contribution is 2.19. The maximum atomic E-state index is 12.1. The van der Waals surface area contributed by atoms with E-state index in [0.29, 0.717) is 22.8 Å². The number of nitrogens with one attached hydrogen (secondary N) is 1. The second-order valence-electron chi connectivity index (χ2n) is 4.37. The van der Waals surface area contributed by atoms with E-state index in [2.05, 4.69) is 10.3 Å². The number of hydrogen-bond donors (Lipinski definition) is 2. The van der Waals surface area contributed by atoms with Crippen LogP contribution in [0.25, 0.3) is 0 Å². The van der Waals surface area contributed by atoms with Crippen LogP contribution in [-0.2, 0) is 6.54 Å². The standard InChI is InChI=1S/C13H15ClN4O/c1-9(7-18-5-4-16-8-18)17-13(19)11-3-2-10(15)6-12(11)14/h2-6,8-9H,7,15H2,1H3,(H,17,19). The van der Waals surface area contributed by atoms with Crippen LogP contribution in [0.15, 0.2) is 36.9 Å². The Bertz CT molecular complexity index is 568. The second kappa shape index (κ2) is 5.75. The summed E-state index contributed by atoms with van der Waals surface area (Å²) in [6.07, 6.45) is 5.25. The molecular weight excluding hydrogens is 264 g/mol. The first kappa shape index (κ1) is 13.4. The largest absolute Gasteiger partial charge is 0.399 e.